The number of benzene rings is 1. The molecule has 0 aliphatic carbocycles. The number of anilines is 1. The van der Waals surface area contributed by atoms with Gasteiger partial charge in [-0.25, -0.2) is 0 Å². The summed E-state index contributed by atoms with van der Waals surface area (Å²) in [5.74, 6) is 1.01. The predicted molar refractivity (Wildman–Crippen MR) is 104 cm³/mol. The number of rotatable bonds is 5. The molecule has 1 saturated heterocycles. The molecule has 1 aliphatic heterocycles. The van der Waals surface area contributed by atoms with Crippen LogP contribution in [0.4, 0.5) is 5.69 Å². The van der Waals surface area contributed by atoms with Crippen LogP contribution in [-0.4, -0.2) is 63.1 Å². The Hall–Kier alpha value is -2.24. The highest BCUT2D eigenvalue weighted by Crippen LogP contribution is 2.17. The summed E-state index contributed by atoms with van der Waals surface area (Å²) in [6.07, 6.45) is 0. The van der Waals surface area contributed by atoms with Crippen molar-refractivity contribution in [3.63, 3.8) is 0 Å². The van der Waals surface area contributed by atoms with Gasteiger partial charge >= 0.3 is 0 Å². The number of carbonyl (C=O) groups is 1. The second kappa shape index (κ2) is 9.30. The summed E-state index contributed by atoms with van der Waals surface area (Å²) in [6.45, 7) is 11.1. The molecule has 138 valence electrons. The minimum absolute atomic E-state index is 0.0222. The van der Waals surface area contributed by atoms with Crippen LogP contribution in [0, 0.1) is 12.8 Å². The molecule has 1 fully saturated rings. The zero-order valence-corrected chi connectivity index (χ0v) is 15.9. The number of amides is 1. The lowest BCUT2D eigenvalue weighted by Gasteiger charge is -2.37. The second-order valence-corrected chi connectivity index (χ2v) is 6.73. The third-order valence-electron chi connectivity index (χ3n) is 4.39. The van der Waals surface area contributed by atoms with Crippen LogP contribution in [0.2, 0.25) is 0 Å². The molecular formula is C19H31N5O. The molecule has 2 N–H and O–H groups in total. The lowest BCUT2D eigenvalue weighted by atomic mass is 10.2. The van der Waals surface area contributed by atoms with E-state index in [1.54, 1.807) is 0 Å². The Morgan fingerprint density at radius 3 is 2.44 bits per heavy atom. The van der Waals surface area contributed by atoms with Crippen LogP contribution in [0.25, 0.3) is 0 Å². The van der Waals surface area contributed by atoms with Crippen molar-refractivity contribution in [2.45, 2.75) is 20.8 Å². The largest absolute Gasteiger partial charge is 0.368 e. The highest BCUT2D eigenvalue weighted by Gasteiger charge is 2.19. The van der Waals surface area contributed by atoms with Gasteiger partial charge in [0, 0.05) is 57.9 Å². The molecule has 6 nitrogen and oxygen atoms in total. The first-order valence-corrected chi connectivity index (χ1v) is 9.06. The number of nitrogens with one attached hydrogen (secondary N) is 2. The quantitative estimate of drug-likeness (QED) is 0.482. The first-order valence-electron chi connectivity index (χ1n) is 9.06. The Labute approximate surface area is 151 Å². The highest BCUT2D eigenvalue weighted by atomic mass is 16.1. The Bertz CT molecular complexity index is 591. The fourth-order valence-corrected chi connectivity index (χ4v) is 2.90. The van der Waals surface area contributed by atoms with Gasteiger partial charge in [0.15, 0.2) is 5.96 Å². The third kappa shape index (κ3) is 5.66. The van der Waals surface area contributed by atoms with Crippen molar-refractivity contribution in [2.75, 3.05) is 51.2 Å². The van der Waals surface area contributed by atoms with Gasteiger partial charge in [-0.3, -0.25) is 9.79 Å². The molecular weight excluding hydrogens is 314 g/mol. The molecule has 1 heterocycles. The topological polar surface area (TPSA) is 60.0 Å². The van der Waals surface area contributed by atoms with Gasteiger partial charge in [0.1, 0.15) is 0 Å². The van der Waals surface area contributed by atoms with E-state index in [1.807, 2.05) is 20.9 Å². The molecule has 0 aromatic heterocycles. The highest BCUT2D eigenvalue weighted by molar-refractivity contribution is 5.80. The minimum Gasteiger partial charge on any atom is -0.368 e. The van der Waals surface area contributed by atoms with Crippen molar-refractivity contribution < 1.29 is 4.79 Å². The monoisotopic (exact) mass is 345 g/mol. The first-order chi connectivity index (χ1) is 12.0. The van der Waals surface area contributed by atoms with Crippen molar-refractivity contribution in [3.05, 3.63) is 29.8 Å². The van der Waals surface area contributed by atoms with E-state index in [0.717, 1.165) is 32.1 Å². The van der Waals surface area contributed by atoms with Crippen LogP contribution in [0.5, 0.6) is 0 Å². The molecule has 6 heteroatoms. The molecule has 0 radical (unpaired) electrons. The first kappa shape index (κ1) is 19.1. The lowest BCUT2D eigenvalue weighted by molar-refractivity contribution is -0.123. The minimum atomic E-state index is 0.0222. The molecule has 0 spiro atoms. The molecule has 25 heavy (non-hydrogen) atoms. The van der Waals surface area contributed by atoms with E-state index < -0.39 is 0 Å². The lowest BCUT2D eigenvalue weighted by Crippen LogP contribution is -2.53. The predicted octanol–water partition coefficient (Wildman–Crippen LogP) is 1.46. The van der Waals surface area contributed by atoms with Crippen molar-refractivity contribution >= 4 is 17.6 Å². The Kier molecular flexibility index (Phi) is 7.10. The van der Waals surface area contributed by atoms with Crippen LogP contribution >= 0.6 is 0 Å². The summed E-state index contributed by atoms with van der Waals surface area (Å²) in [6, 6.07) is 8.65. The van der Waals surface area contributed by atoms with Crippen LogP contribution in [0.15, 0.2) is 29.3 Å². The Morgan fingerprint density at radius 2 is 1.84 bits per heavy atom. The SMILES string of the molecule is CN=C(NCCNC(=O)C(C)C)N1CCN(c2cccc(C)c2)CC1. The van der Waals surface area contributed by atoms with Gasteiger partial charge in [0.2, 0.25) is 5.91 Å². The zero-order valence-electron chi connectivity index (χ0n) is 15.9. The van der Waals surface area contributed by atoms with Crippen LogP contribution in [0.1, 0.15) is 19.4 Å². The van der Waals surface area contributed by atoms with Gasteiger partial charge in [-0.15, -0.1) is 0 Å². The molecule has 2 rings (SSSR count). The molecule has 0 unspecified atom stereocenters. The molecule has 0 saturated carbocycles. The molecule has 1 aliphatic rings. The van der Waals surface area contributed by atoms with Crippen LogP contribution in [0.3, 0.4) is 0 Å². The number of guanidine groups is 1. The van der Waals surface area contributed by atoms with Crippen molar-refractivity contribution in [3.8, 4) is 0 Å². The van der Waals surface area contributed by atoms with Gasteiger partial charge in [0.25, 0.3) is 0 Å². The zero-order chi connectivity index (χ0) is 18.2. The molecule has 1 aromatic carbocycles. The maximum atomic E-state index is 11.6. The van der Waals surface area contributed by atoms with E-state index in [0.29, 0.717) is 13.1 Å². The summed E-state index contributed by atoms with van der Waals surface area (Å²) in [5, 5.41) is 6.25. The second-order valence-electron chi connectivity index (χ2n) is 6.73. The number of piperazine rings is 1. The van der Waals surface area contributed by atoms with Crippen LogP contribution < -0.4 is 15.5 Å². The third-order valence-corrected chi connectivity index (χ3v) is 4.39. The van der Waals surface area contributed by atoms with Gasteiger partial charge in [-0.1, -0.05) is 26.0 Å². The number of nitrogens with zero attached hydrogens (tertiary/aromatic N) is 3. The van der Waals surface area contributed by atoms with E-state index >= 15 is 0 Å². The number of aryl methyl sites for hydroxylation is 1. The summed E-state index contributed by atoms with van der Waals surface area (Å²) >= 11 is 0. The van der Waals surface area contributed by atoms with E-state index in [2.05, 4.69) is 56.6 Å². The summed E-state index contributed by atoms with van der Waals surface area (Å²) in [4.78, 5) is 20.6. The fraction of sp³-hybridized carbons (Fsp3) is 0.579. The van der Waals surface area contributed by atoms with E-state index in [4.69, 9.17) is 0 Å². The number of aliphatic imine (C=N–C) groups is 1. The molecule has 1 amide bonds. The maximum Gasteiger partial charge on any atom is 0.222 e. The average Bonchev–Trinajstić information content (AvgIpc) is 2.62. The smallest absolute Gasteiger partial charge is 0.222 e. The van der Waals surface area contributed by atoms with Gasteiger partial charge in [-0.2, -0.15) is 0 Å². The van der Waals surface area contributed by atoms with E-state index in [-0.39, 0.29) is 11.8 Å². The average molecular weight is 345 g/mol. The van der Waals surface area contributed by atoms with Crippen molar-refractivity contribution in [1.82, 2.24) is 15.5 Å². The van der Waals surface area contributed by atoms with E-state index in [1.165, 1.54) is 11.3 Å². The van der Waals surface area contributed by atoms with Crippen molar-refractivity contribution in [1.29, 1.82) is 0 Å². The summed E-state index contributed by atoms with van der Waals surface area (Å²) in [5.41, 5.74) is 2.58. The normalized spacial score (nSPS) is 15.5. The molecule has 0 bridgehead atoms. The van der Waals surface area contributed by atoms with Crippen molar-refractivity contribution in [2.24, 2.45) is 10.9 Å². The number of carbonyl (C=O) groups excluding carboxylic acids is 1. The van der Waals surface area contributed by atoms with Crippen LogP contribution in [-0.2, 0) is 4.79 Å². The maximum absolute atomic E-state index is 11.6. The molecule has 1 aromatic rings. The molecule has 0 atom stereocenters. The van der Waals surface area contributed by atoms with Gasteiger partial charge < -0.3 is 20.4 Å². The fourth-order valence-electron chi connectivity index (χ4n) is 2.90. The standard InChI is InChI=1S/C19H31N5O/c1-15(2)18(25)21-8-9-22-19(20-4)24-12-10-23(11-13-24)17-7-5-6-16(3)14-17/h5-7,14-15H,8-13H2,1-4H3,(H,20,22)(H,21,25). The number of hydrogen-bond acceptors (Lipinski definition) is 3. The Morgan fingerprint density at radius 1 is 1.16 bits per heavy atom. The number of hydrogen-bond donors (Lipinski definition) is 2. The van der Waals surface area contributed by atoms with E-state index in [9.17, 15) is 4.79 Å². The summed E-state index contributed by atoms with van der Waals surface area (Å²) in [7, 11) is 1.81. The Balaban J connectivity index is 1.77. The van der Waals surface area contributed by atoms with Gasteiger partial charge in [-0.05, 0) is 24.6 Å². The van der Waals surface area contributed by atoms with Gasteiger partial charge in [0.05, 0.1) is 0 Å². The summed E-state index contributed by atoms with van der Waals surface area (Å²) < 4.78 is 0.